The maximum Gasteiger partial charge on any atom is 0.244 e. The van der Waals surface area contributed by atoms with Crippen molar-refractivity contribution in [1.82, 2.24) is 4.72 Å². The molecule has 1 N–H and O–H groups in total. The predicted molar refractivity (Wildman–Crippen MR) is 71.2 cm³/mol. The molecule has 1 aliphatic rings. The first kappa shape index (κ1) is 14.9. The topological polar surface area (TPSA) is 46.2 Å². The molecule has 1 aliphatic carbocycles. The van der Waals surface area contributed by atoms with E-state index in [0.717, 1.165) is 25.3 Å². The highest BCUT2D eigenvalue weighted by atomic mass is 79.9. The van der Waals surface area contributed by atoms with Crippen molar-refractivity contribution in [2.45, 2.75) is 37.1 Å². The van der Waals surface area contributed by atoms with Crippen molar-refractivity contribution in [3.63, 3.8) is 0 Å². The molecule has 2 unspecified atom stereocenters. The summed E-state index contributed by atoms with van der Waals surface area (Å²) in [5, 5.41) is 0. The molecule has 0 spiro atoms. The average molecular weight is 354 g/mol. The molecule has 0 aliphatic heterocycles. The monoisotopic (exact) mass is 353 g/mol. The fraction of sp³-hybridized carbons (Fsp3) is 0.500. The molecule has 0 saturated heterocycles. The lowest BCUT2D eigenvalue weighted by molar-refractivity contribution is 0.521. The summed E-state index contributed by atoms with van der Waals surface area (Å²) in [6, 6.07) is 1.32. The van der Waals surface area contributed by atoms with E-state index in [0.29, 0.717) is 12.0 Å². The van der Waals surface area contributed by atoms with Gasteiger partial charge in [-0.05, 0) is 47.2 Å². The second kappa shape index (κ2) is 5.46. The first-order valence-electron chi connectivity index (χ1n) is 5.96. The van der Waals surface area contributed by atoms with Gasteiger partial charge in [0.25, 0.3) is 0 Å². The van der Waals surface area contributed by atoms with Gasteiger partial charge in [0, 0.05) is 16.6 Å². The zero-order chi connectivity index (χ0) is 14.2. The number of halogens is 3. The molecule has 106 valence electrons. The summed E-state index contributed by atoms with van der Waals surface area (Å²) in [4.78, 5) is -0.534. The van der Waals surface area contributed by atoms with E-state index in [1.807, 2.05) is 6.92 Å². The zero-order valence-electron chi connectivity index (χ0n) is 10.3. The third-order valence-electron chi connectivity index (χ3n) is 3.25. The Bertz CT molecular complexity index is 568. The number of hydrogen-bond donors (Lipinski definition) is 1. The minimum atomic E-state index is -3.98. The highest BCUT2D eigenvalue weighted by molar-refractivity contribution is 9.10. The van der Waals surface area contributed by atoms with Gasteiger partial charge in [-0.1, -0.05) is 6.92 Å². The number of benzene rings is 1. The van der Waals surface area contributed by atoms with E-state index < -0.39 is 26.6 Å². The second-order valence-electron chi connectivity index (χ2n) is 4.93. The van der Waals surface area contributed by atoms with Gasteiger partial charge in [-0.25, -0.2) is 21.9 Å². The molecule has 19 heavy (non-hydrogen) atoms. The lowest BCUT2D eigenvalue weighted by Gasteiger charge is -2.14. The highest BCUT2D eigenvalue weighted by Gasteiger charge is 2.29. The van der Waals surface area contributed by atoms with Crippen LogP contribution in [0.2, 0.25) is 0 Å². The Morgan fingerprint density at radius 3 is 2.53 bits per heavy atom. The average Bonchev–Trinajstić information content (AvgIpc) is 2.60. The Morgan fingerprint density at radius 2 is 2.00 bits per heavy atom. The molecule has 7 heteroatoms. The molecule has 2 rings (SSSR count). The molecule has 1 aromatic rings. The highest BCUT2D eigenvalue weighted by Crippen LogP contribution is 2.29. The Kier molecular flexibility index (Phi) is 4.27. The lowest BCUT2D eigenvalue weighted by atomic mass is 10.1. The summed E-state index contributed by atoms with van der Waals surface area (Å²) in [5.74, 6) is -1.46. The van der Waals surface area contributed by atoms with E-state index in [-0.39, 0.29) is 10.5 Å². The molecule has 1 saturated carbocycles. The van der Waals surface area contributed by atoms with Crippen LogP contribution in [-0.4, -0.2) is 14.5 Å². The van der Waals surface area contributed by atoms with Gasteiger partial charge < -0.3 is 0 Å². The van der Waals surface area contributed by atoms with Gasteiger partial charge in [0.2, 0.25) is 10.0 Å². The van der Waals surface area contributed by atoms with Gasteiger partial charge in [-0.3, -0.25) is 0 Å². The van der Waals surface area contributed by atoms with Crippen LogP contribution in [0.25, 0.3) is 0 Å². The van der Waals surface area contributed by atoms with Crippen LogP contribution < -0.4 is 4.72 Å². The number of sulfonamides is 1. The van der Waals surface area contributed by atoms with Crippen LogP contribution in [0.5, 0.6) is 0 Å². The van der Waals surface area contributed by atoms with Gasteiger partial charge in [0.05, 0.1) is 0 Å². The molecule has 0 amide bonds. The molecule has 1 aromatic carbocycles. The van der Waals surface area contributed by atoms with Crippen molar-refractivity contribution >= 4 is 26.0 Å². The quantitative estimate of drug-likeness (QED) is 0.906. The molecular weight excluding hydrogens is 340 g/mol. The summed E-state index contributed by atoms with van der Waals surface area (Å²) >= 11 is 2.90. The maximum atomic E-state index is 13.7. The van der Waals surface area contributed by atoms with Crippen LogP contribution in [0, 0.1) is 17.6 Å². The smallest absolute Gasteiger partial charge is 0.208 e. The van der Waals surface area contributed by atoms with Crippen LogP contribution in [0.4, 0.5) is 8.78 Å². The first-order chi connectivity index (χ1) is 8.79. The fourth-order valence-corrected chi connectivity index (χ4v) is 4.83. The SMILES string of the molecule is CC1CCC(NS(=O)(=O)c2c(F)cc(F)cc2Br)C1. The normalized spacial score (nSPS) is 23.8. The van der Waals surface area contributed by atoms with Crippen LogP contribution in [0.3, 0.4) is 0 Å². The van der Waals surface area contributed by atoms with Gasteiger partial charge in [-0.15, -0.1) is 0 Å². The number of rotatable bonds is 3. The predicted octanol–water partition coefficient (Wildman–Crippen LogP) is 3.19. The first-order valence-corrected chi connectivity index (χ1v) is 8.24. The van der Waals surface area contributed by atoms with Crippen LogP contribution in [0.15, 0.2) is 21.5 Å². The molecule has 0 heterocycles. The molecule has 3 nitrogen and oxygen atoms in total. The van der Waals surface area contributed by atoms with Crippen LogP contribution >= 0.6 is 15.9 Å². The molecule has 2 atom stereocenters. The number of nitrogens with one attached hydrogen (secondary N) is 1. The fourth-order valence-electron chi connectivity index (χ4n) is 2.38. The van der Waals surface area contributed by atoms with Crippen molar-refractivity contribution < 1.29 is 17.2 Å². The van der Waals surface area contributed by atoms with E-state index in [4.69, 9.17) is 0 Å². The molecule has 0 bridgehead atoms. The van der Waals surface area contributed by atoms with Crippen molar-refractivity contribution in [3.05, 3.63) is 28.2 Å². The summed E-state index contributed by atoms with van der Waals surface area (Å²) in [6.07, 6.45) is 2.42. The van der Waals surface area contributed by atoms with Crippen LogP contribution in [0.1, 0.15) is 26.2 Å². The Morgan fingerprint density at radius 1 is 1.32 bits per heavy atom. The van der Waals surface area contributed by atoms with Gasteiger partial charge in [0.15, 0.2) is 0 Å². The summed E-state index contributed by atoms with van der Waals surface area (Å²) < 4.78 is 53.3. The maximum absolute atomic E-state index is 13.7. The van der Waals surface area contributed by atoms with E-state index >= 15 is 0 Å². The van der Waals surface area contributed by atoms with E-state index in [1.54, 1.807) is 0 Å². The zero-order valence-corrected chi connectivity index (χ0v) is 12.7. The Balaban J connectivity index is 2.30. The molecule has 1 fully saturated rings. The lowest BCUT2D eigenvalue weighted by Crippen LogP contribution is -2.33. The third kappa shape index (κ3) is 3.32. The van der Waals surface area contributed by atoms with Crippen molar-refractivity contribution in [2.24, 2.45) is 5.92 Å². The standard InChI is InChI=1S/C12H14BrF2NO2S/c1-7-2-3-9(4-7)16-19(17,18)12-10(13)5-8(14)6-11(12)15/h5-7,9,16H,2-4H2,1H3. The summed E-state index contributed by atoms with van der Waals surface area (Å²) in [6.45, 7) is 2.04. The van der Waals surface area contributed by atoms with Gasteiger partial charge in [-0.2, -0.15) is 0 Å². The third-order valence-corrected chi connectivity index (χ3v) is 5.73. The second-order valence-corrected chi connectivity index (χ2v) is 7.44. The molecular formula is C12H14BrF2NO2S. The summed E-state index contributed by atoms with van der Waals surface area (Å²) in [7, 11) is -3.98. The van der Waals surface area contributed by atoms with Crippen molar-refractivity contribution in [3.8, 4) is 0 Å². The number of hydrogen-bond acceptors (Lipinski definition) is 2. The van der Waals surface area contributed by atoms with E-state index in [1.165, 1.54) is 0 Å². The van der Waals surface area contributed by atoms with Crippen LogP contribution in [-0.2, 0) is 10.0 Å². The van der Waals surface area contributed by atoms with Crippen molar-refractivity contribution in [1.29, 1.82) is 0 Å². The largest absolute Gasteiger partial charge is 0.244 e. The van der Waals surface area contributed by atoms with Gasteiger partial charge >= 0.3 is 0 Å². The van der Waals surface area contributed by atoms with Gasteiger partial charge in [0.1, 0.15) is 16.5 Å². The Labute approximate surface area is 119 Å². The summed E-state index contributed by atoms with van der Waals surface area (Å²) in [5.41, 5.74) is 0. The Hall–Kier alpha value is -0.530. The van der Waals surface area contributed by atoms with E-state index in [9.17, 15) is 17.2 Å². The minimum Gasteiger partial charge on any atom is -0.208 e. The minimum absolute atomic E-state index is 0.108. The van der Waals surface area contributed by atoms with Crippen molar-refractivity contribution in [2.75, 3.05) is 0 Å². The molecule has 0 radical (unpaired) electrons. The molecule has 0 aromatic heterocycles. The van der Waals surface area contributed by atoms with E-state index in [2.05, 4.69) is 20.7 Å².